The fourth-order valence-corrected chi connectivity index (χ4v) is 0.661. The number of hydrogen-bond donors (Lipinski definition) is 1. The van der Waals surface area contributed by atoms with E-state index in [4.69, 9.17) is 14.9 Å². The largest absolute Gasteiger partial charge is 0.478 e. The van der Waals surface area contributed by atoms with Gasteiger partial charge in [-0.15, -0.1) is 0 Å². The van der Waals surface area contributed by atoms with Crippen molar-refractivity contribution in [2.24, 2.45) is 0 Å². The van der Waals surface area contributed by atoms with Crippen molar-refractivity contribution in [1.29, 1.82) is 0 Å². The molecule has 0 aromatic heterocycles. The highest BCUT2D eigenvalue weighted by atomic mass is 17.2. The molecule has 0 fully saturated rings. The van der Waals surface area contributed by atoms with Crippen molar-refractivity contribution in [3.63, 3.8) is 0 Å². The number of hydrogen-bond acceptors (Lipinski definition) is 5. The van der Waals surface area contributed by atoms with Gasteiger partial charge in [-0.25, -0.2) is 19.4 Å². The van der Waals surface area contributed by atoms with Crippen molar-refractivity contribution in [2.75, 3.05) is 0 Å². The van der Waals surface area contributed by atoms with Crippen LogP contribution in [0.5, 0.6) is 0 Å². The van der Waals surface area contributed by atoms with Gasteiger partial charge < -0.3 is 9.84 Å². The number of aliphatic carboxylic acids is 1. The van der Waals surface area contributed by atoms with Gasteiger partial charge in [0, 0.05) is 12.2 Å². The number of carboxylic acid groups (broad SMARTS) is 1. The van der Waals surface area contributed by atoms with E-state index in [9.17, 15) is 9.59 Å². The van der Waals surface area contributed by atoms with Crippen LogP contribution >= 0.6 is 0 Å². The molecule has 0 amide bonds. The Balaban J connectivity index is 0. The van der Waals surface area contributed by atoms with Gasteiger partial charge in [-0.1, -0.05) is 0 Å². The van der Waals surface area contributed by atoms with Crippen LogP contribution in [0.3, 0.4) is 0 Å². The topological polar surface area (TPSA) is 82.1 Å². The number of esters is 1. The first-order chi connectivity index (χ1) is 9.23. The van der Waals surface area contributed by atoms with E-state index in [1.54, 1.807) is 13.8 Å². The zero-order valence-corrected chi connectivity index (χ0v) is 14.2. The maximum Gasteiger partial charge on any atom is 0.331 e. The smallest absolute Gasteiger partial charge is 0.331 e. The minimum atomic E-state index is -1.16. The maximum atomic E-state index is 10.6. The molecule has 0 radical (unpaired) electrons. The summed E-state index contributed by atoms with van der Waals surface area (Å²) in [6.45, 7) is 15.1. The summed E-state index contributed by atoms with van der Waals surface area (Å²) in [5, 5.41) is 8.10. The number of rotatable bonds is 4. The molecule has 0 saturated heterocycles. The fraction of sp³-hybridized carbons (Fsp3) is 0.733. The second-order valence-corrected chi connectivity index (χ2v) is 6.55. The third kappa shape index (κ3) is 24.0. The molecule has 0 saturated carbocycles. The highest BCUT2D eigenvalue weighted by molar-refractivity contribution is 5.90. The predicted molar refractivity (Wildman–Crippen MR) is 79.7 cm³/mol. The normalized spacial score (nSPS) is 12.0. The van der Waals surface area contributed by atoms with Crippen LogP contribution in [0.25, 0.3) is 0 Å². The summed E-state index contributed by atoms with van der Waals surface area (Å²) in [6.07, 6.45) is 1.40. The molecule has 0 heterocycles. The minimum Gasteiger partial charge on any atom is -0.478 e. The van der Waals surface area contributed by atoms with Crippen molar-refractivity contribution in [3.05, 3.63) is 12.2 Å². The van der Waals surface area contributed by atoms with Crippen LogP contribution in [0.15, 0.2) is 12.2 Å². The van der Waals surface area contributed by atoms with Gasteiger partial charge in [0.05, 0.1) is 17.3 Å². The maximum absolute atomic E-state index is 10.6. The molecule has 21 heavy (non-hydrogen) atoms. The summed E-state index contributed by atoms with van der Waals surface area (Å²) >= 11 is 0. The van der Waals surface area contributed by atoms with Gasteiger partial charge in [0.2, 0.25) is 0 Å². The lowest BCUT2D eigenvalue weighted by Crippen LogP contribution is -2.27. The molecule has 0 aliphatic carbocycles. The second kappa shape index (κ2) is 9.52. The van der Waals surface area contributed by atoms with Gasteiger partial charge in [0.25, 0.3) is 0 Å². The molecule has 0 spiro atoms. The second-order valence-electron chi connectivity index (χ2n) is 6.55. The first-order valence-electron chi connectivity index (χ1n) is 6.71. The van der Waals surface area contributed by atoms with Crippen LogP contribution in [0.4, 0.5) is 0 Å². The molecule has 0 atom stereocenters. The third-order valence-corrected chi connectivity index (χ3v) is 1.26. The average Bonchev–Trinajstić information content (AvgIpc) is 2.22. The third-order valence-electron chi connectivity index (χ3n) is 1.26. The number of carbonyl (C=O) groups is 2. The summed E-state index contributed by atoms with van der Waals surface area (Å²) in [7, 11) is 0. The molecule has 0 aliphatic heterocycles. The molecule has 0 aromatic rings. The minimum absolute atomic E-state index is 0.215. The number of ether oxygens (including phenoxy) is 1. The Morgan fingerprint density at radius 1 is 0.905 bits per heavy atom. The fourth-order valence-electron chi connectivity index (χ4n) is 0.661. The monoisotopic (exact) mass is 304 g/mol. The lowest BCUT2D eigenvalue weighted by atomic mass is 10.2. The molecule has 0 bridgehead atoms. The first-order valence-corrected chi connectivity index (χ1v) is 6.71. The van der Waals surface area contributed by atoms with Gasteiger partial charge in [0.15, 0.2) is 0 Å². The molecule has 0 rings (SSSR count). The number of carbonyl (C=O) groups excluding carboxylic acids is 1. The van der Waals surface area contributed by atoms with Crippen LogP contribution in [-0.4, -0.2) is 34.4 Å². The molecule has 6 heteroatoms. The van der Waals surface area contributed by atoms with E-state index < -0.39 is 11.9 Å². The SMILES string of the molecule is CC(C)(C)OOC(C)(C)C.CC(C)OC(=O)/C=C/C(=O)O. The van der Waals surface area contributed by atoms with E-state index in [1.807, 2.05) is 41.5 Å². The Hall–Kier alpha value is -1.40. The Morgan fingerprint density at radius 2 is 1.29 bits per heavy atom. The van der Waals surface area contributed by atoms with Gasteiger partial charge in [0.1, 0.15) is 0 Å². The summed E-state index contributed by atoms with van der Waals surface area (Å²) in [6, 6.07) is 0. The van der Waals surface area contributed by atoms with Crippen molar-refractivity contribution in [1.82, 2.24) is 0 Å². The van der Waals surface area contributed by atoms with E-state index in [0.29, 0.717) is 0 Å². The highest BCUT2D eigenvalue weighted by Crippen LogP contribution is 2.14. The molecular weight excluding hydrogens is 276 g/mol. The van der Waals surface area contributed by atoms with Gasteiger partial charge in [-0.3, -0.25) is 0 Å². The first kappa shape index (κ1) is 21.9. The average molecular weight is 304 g/mol. The molecule has 0 aliphatic rings. The standard InChI is InChI=1S/C8H18O2.C7H10O4/c1-7(2,3)9-10-8(4,5)6;1-5(2)11-7(10)4-3-6(8)9/h1-6H3;3-5H,1-2H3,(H,8,9)/b;4-3+. The zero-order valence-electron chi connectivity index (χ0n) is 14.2. The van der Waals surface area contributed by atoms with E-state index in [2.05, 4.69) is 4.74 Å². The van der Waals surface area contributed by atoms with Crippen molar-refractivity contribution in [3.8, 4) is 0 Å². The summed E-state index contributed by atoms with van der Waals surface area (Å²) < 4.78 is 4.61. The van der Waals surface area contributed by atoms with Crippen LogP contribution in [-0.2, 0) is 24.1 Å². The predicted octanol–water partition coefficient (Wildman–Crippen LogP) is 3.11. The van der Waals surface area contributed by atoms with E-state index in [1.165, 1.54) is 0 Å². The van der Waals surface area contributed by atoms with Crippen molar-refractivity contribution >= 4 is 11.9 Å². The van der Waals surface area contributed by atoms with Gasteiger partial charge in [-0.2, -0.15) is 0 Å². The van der Waals surface area contributed by atoms with Crippen molar-refractivity contribution < 1.29 is 29.2 Å². The molecule has 0 aromatic carbocycles. The molecular formula is C15H28O6. The highest BCUT2D eigenvalue weighted by Gasteiger charge is 2.18. The molecule has 1 N–H and O–H groups in total. The summed E-state index contributed by atoms with van der Waals surface area (Å²) in [4.78, 5) is 30.7. The molecule has 6 nitrogen and oxygen atoms in total. The molecule has 0 unspecified atom stereocenters. The van der Waals surface area contributed by atoms with Crippen molar-refractivity contribution in [2.45, 2.75) is 72.7 Å². The Morgan fingerprint density at radius 3 is 1.52 bits per heavy atom. The Bertz CT molecular complexity index is 330. The van der Waals surface area contributed by atoms with Gasteiger partial charge >= 0.3 is 11.9 Å². The van der Waals surface area contributed by atoms with Crippen LogP contribution < -0.4 is 0 Å². The van der Waals surface area contributed by atoms with Crippen LogP contribution in [0.2, 0.25) is 0 Å². The quantitative estimate of drug-likeness (QED) is 0.372. The zero-order chi connectivity index (χ0) is 17.3. The van der Waals surface area contributed by atoms with E-state index >= 15 is 0 Å². The van der Waals surface area contributed by atoms with Crippen LogP contribution in [0.1, 0.15) is 55.4 Å². The summed E-state index contributed by atoms with van der Waals surface area (Å²) in [5.74, 6) is -1.80. The van der Waals surface area contributed by atoms with E-state index in [-0.39, 0.29) is 17.3 Å². The Kier molecular flexibility index (Phi) is 9.92. The van der Waals surface area contributed by atoms with Crippen LogP contribution in [0, 0.1) is 0 Å². The number of carboxylic acids is 1. The lowest BCUT2D eigenvalue weighted by Gasteiger charge is -2.24. The molecule has 124 valence electrons. The Labute approximate surface area is 127 Å². The summed E-state index contributed by atoms with van der Waals surface area (Å²) in [5.41, 5.74) is -0.430. The van der Waals surface area contributed by atoms with E-state index in [0.717, 1.165) is 12.2 Å². The van der Waals surface area contributed by atoms with Gasteiger partial charge in [-0.05, 0) is 55.4 Å². The lowest BCUT2D eigenvalue weighted by molar-refractivity contribution is -0.393.